The molecule has 1 atom stereocenters. The van der Waals surface area contributed by atoms with Gasteiger partial charge in [-0.15, -0.1) is 0 Å². The van der Waals surface area contributed by atoms with Gasteiger partial charge < -0.3 is 15.2 Å². The smallest absolute Gasteiger partial charge is 0.0628 e. The van der Waals surface area contributed by atoms with E-state index in [0.717, 1.165) is 26.2 Å². The number of nitrogens with zero attached hydrogens (tertiary/aromatic N) is 1. The number of aliphatic hydroxyl groups excluding tert-OH is 1. The van der Waals surface area contributed by atoms with Gasteiger partial charge in [-0.1, -0.05) is 6.92 Å². The van der Waals surface area contributed by atoms with Crippen molar-refractivity contribution in [2.24, 2.45) is 5.92 Å². The lowest BCUT2D eigenvalue weighted by molar-refractivity contribution is 0.0750. The van der Waals surface area contributed by atoms with Crippen molar-refractivity contribution in [3.63, 3.8) is 0 Å². The minimum absolute atomic E-state index is 0.0646. The van der Waals surface area contributed by atoms with E-state index in [2.05, 4.69) is 17.1 Å². The fourth-order valence-electron chi connectivity index (χ4n) is 2.76. The Kier molecular flexibility index (Phi) is 5.01. The molecule has 2 aliphatic rings. The van der Waals surface area contributed by atoms with Crippen molar-refractivity contribution >= 4 is 0 Å². The van der Waals surface area contributed by atoms with Gasteiger partial charge in [-0.2, -0.15) is 0 Å². The largest absolute Gasteiger partial charge is 0.394 e. The average Bonchev–Trinajstić information content (AvgIpc) is 3.25. The molecule has 2 fully saturated rings. The molecule has 4 heteroatoms. The summed E-state index contributed by atoms with van der Waals surface area (Å²) in [6.07, 6.45) is 5.08. The Hall–Kier alpha value is -0.160. The zero-order chi connectivity index (χ0) is 13.0. The molecule has 0 aliphatic heterocycles. The fourth-order valence-corrected chi connectivity index (χ4v) is 2.76. The van der Waals surface area contributed by atoms with Crippen LogP contribution in [0.2, 0.25) is 0 Å². The quantitative estimate of drug-likeness (QED) is 0.608. The van der Waals surface area contributed by atoms with E-state index in [1.165, 1.54) is 25.7 Å². The molecule has 2 saturated carbocycles. The third kappa shape index (κ3) is 3.67. The number of methoxy groups -OCH3 is 1. The number of hydrogen-bond donors (Lipinski definition) is 2. The first kappa shape index (κ1) is 14.3. The Balaban J connectivity index is 1.93. The SMILES string of the molecule is CCN(CCOC)CC(CO)(NC1CC1)C1CC1. The Morgan fingerprint density at radius 1 is 1.33 bits per heavy atom. The third-order valence-corrected chi connectivity index (χ3v) is 4.27. The maximum Gasteiger partial charge on any atom is 0.0628 e. The summed E-state index contributed by atoms with van der Waals surface area (Å²) in [5.74, 6) is 0.666. The number of likely N-dealkylation sites (N-methyl/N-ethyl adjacent to an activating group) is 1. The van der Waals surface area contributed by atoms with E-state index in [1.54, 1.807) is 7.11 Å². The number of rotatable bonds is 10. The zero-order valence-corrected chi connectivity index (χ0v) is 11.8. The third-order valence-electron chi connectivity index (χ3n) is 4.27. The van der Waals surface area contributed by atoms with E-state index in [4.69, 9.17) is 4.74 Å². The molecule has 0 saturated heterocycles. The van der Waals surface area contributed by atoms with Gasteiger partial charge in [0.25, 0.3) is 0 Å². The summed E-state index contributed by atoms with van der Waals surface area (Å²) in [5, 5.41) is 13.6. The van der Waals surface area contributed by atoms with Crippen LogP contribution in [0.4, 0.5) is 0 Å². The first-order valence-corrected chi connectivity index (χ1v) is 7.34. The van der Waals surface area contributed by atoms with Gasteiger partial charge in [-0.05, 0) is 38.1 Å². The summed E-state index contributed by atoms with van der Waals surface area (Å²) >= 11 is 0. The molecule has 1 unspecified atom stereocenters. The highest BCUT2D eigenvalue weighted by Gasteiger charge is 2.47. The van der Waals surface area contributed by atoms with Crippen molar-refractivity contribution in [3.05, 3.63) is 0 Å². The average molecular weight is 256 g/mol. The van der Waals surface area contributed by atoms with Gasteiger partial charge in [0.15, 0.2) is 0 Å². The summed E-state index contributed by atoms with van der Waals surface area (Å²) in [6, 6.07) is 0.652. The molecule has 2 aliphatic carbocycles. The summed E-state index contributed by atoms with van der Waals surface area (Å²) in [7, 11) is 1.75. The first-order valence-electron chi connectivity index (χ1n) is 7.34. The van der Waals surface area contributed by atoms with E-state index in [-0.39, 0.29) is 12.1 Å². The van der Waals surface area contributed by atoms with Crippen LogP contribution >= 0.6 is 0 Å². The van der Waals surface area contributed by atoms with Gasteiger partial charge in [0, 0.05) is 26.2 Å². The van der Waals surface area contributed by atoms with Crippen molar-refractivity contribution in [1.29, 1.82) is 0 Å². The molecule has 0 aromatic carbocycles. The van der Waals surface area contributed by atoms with Crippen molar-refractivity contribution in [2.75, 3.05) is 40.0 Å². The first-order chi connectivity index (χ1) is 8.74. The molecule has 4 nitrogen and oxygen atoms in total. The number of nitrogens with one attached hydrogen (secondary N) is 1. The van der Waals surface area contributed by atoms with Crippen LogP contribution in [0.15, 0.2) is 0 Å². The Morgan fingerprint density at radius 3 is 2.50 bits per heavy atom. The van der Waals surface area contributed by atoms with Crippen LogP contribution in [0, 0.1) is 5.92 Å². The van der Waals surface area contributed by atoms with Crippen molar-refractivity contribution in [1.82, 2.24) is 10.2 Å². The van der Waals surface area contributed by atoms with Crippen molar-refractivity contribution in [2.45, 2.75) is 44.2 Å². The van der Waals surface area contributed by atoms with E-state index in [9.17, 15) is 5.11 Å². The molecule has 2 rings (SSSR count). The number of hydrogen-bond acceptors (Lipinski definition) is 4. The highest BCUT2D eigenvalue weighted by molar-refractivity contribution is 5.06. The van der Waals surface area contributed by atoms with Crippen LogP contribution in [-0.4, -0.2) is 61.5 Å². The van der Waals surface area contributed by atoms with Gasteiger partial charge >= 0.3 is 0 Å². The molecule has 0 aromatic rings. The molecule has 0 radical (unpaired) electrons. The molecule has 0 spiro atoms. The van der Waals surface area contributed by atoms with Gasteiger partial charge in [0.2, 0.25) is 0 Å². The predicted molar refractivity (Wildman–Crippen MR) is 72.7 cm³/mol. The number of ether oxygens (including phenoxy) is 1. The minimum atomic E-state index is -0.0646. The second kappa shape index (κ2) is 6.33. The molecular formula is C14H28N2O2. The van der Waals surface area contributed by atoms with Crippen LogP contribution in [-0.2, 0) is 4.74 Å². The Labute approximate surface area is 111 Å². The lowest BCUT2D eigenvalue weighted by Gasteiger charge is -2.38. The Bertz CT molecular complexity index is 254. The Morgan fingerprint density at radius 2 is 2.06 bits per heavy atom. The van der Waals surface area contributed by atoms with Gasteiger partial charge in [-0.3, -0.25) is 4.90 Å². The van der Waals surface area contributed by atoms with Gasteiger partial charge in [0.1, 0.15) is 0 Å². The summed E-state index contributed by atoms with van der Waals surface area (Å²) in [5.41, 5.74) is -0.0646. The summed E-state index contributed by atoms with van der Waals surface area (Å²) < 4.78 is 5.17. The second-order valence-corrected chi connectivity index (χ2v) is 5.87. The van der Waals surface area contributed by atoms with E-state index < -0.39 is 0 Å². The maximum atomic E-state index is 9.91. The topological polar surface area (TPSA) is 44.7 Å². The monoisotopic (exact) mass is 256 g/mol. The van der Waals surface area contributed by atoms with Crippen molar-refractivity contribution < 1.29 is 9.84 Å². The van der Waals surface area contributed by atoms with Crippen molar-refractivity contribution in [3.8, 4) is 0 Å². The molecule has 0 heterocycles. The predicted octanol–water partition coefficient (Wildman–Crippen LogP) is 0.848. The molecule has 106 valence electrons. The van der Waals surface area contributed by atoms with Crippen LogP contribution < -0.4 is 5.32 Å². The molecule has 2 N–H and O–H groups in total. The molecule has 0 amide bonds. The molecule has 0 aromatic heterocycles. The lowest BCUT2D eigenvalue weighted by Crippen LogP contribution is -2.59. The van der Waals surface area contributed by atoms with Gasteiger partial charge in [0.05, 0.1) is 18.8 Å². The second-order valence-electron chi connectivity index (χ2n) is 5.87. The van der Waals surface area contributed by atoms with Crippen LogP contribution in [0.25, 0.3) is 0 Å². The normalized spacial score (nSPS) is 23.3. The lowest BCUT2D eigenvalue weighted by atomic mass is 9.93. The van der Waals surface area contributed by atoms with E-state index >= 15 is 0 Å². The summed E-state index contributed by atoms with van der Waals surface area (Å²) in [4.78, 5) is 2.40. The van der Waals surface area contributed by atoms with Crippen LogP contribution in [0.3, 0.4) is 0 Å². The molecular weight excluding hydrogens is 228 g/mol. The van der Waals surface area contributed by atoms with E-state index in [0.29, 0.717) is 12.0 Å². The van der Waals surface area contributed by atoms with Gasteiger partial charge in [-0.25, -0.2) is 0 Å². The fraction of sp³-hybridized carbons (Fsp3) is 1.00. The van der Waals surface area contributed by atoms with Crippen LogP contribution in [0.5, 0.6) is 0 Å². The molecule has 0 bridgehead atoms. The van der Waals surface area contributed by atoms with Crippen LogP contribution in [0.1, 0.15) is 32.6 Å². The standard InChI is InChI=1S/C14H28N2O2/c1-3-16(8-9-18-2)10-14(11-17,12-4-5-12)15-13-6-7-13/h12-13,15,17H,3-11H2,1-2H3. The molecule has 18 heavy (non-hydrogen) atoms. The minimum Gasteiger partial charge on any atom is -0.394 e. The zero-order valence-electron chi connectivity index (χ0n) is 11.8. The maximum absolute atomic E-state index is 9.91. The highest BCUT2D eigenvalue weighted by atomic mass is 16.5. The van der Waals surface area contributed by atoms with E-state index in [1.807, 2.05) is 0 Å². The number of aliphatic hydroxyl groups is 1. The summed E-state index contributed by atoms with van der Waals surface area (Å²) in [6.45, 7) is 6.13. The highest BCUT2D eigenvalue weighted by Crippen LogP contribution is 2.41.